The van der Waals surface area contributed by atoms with E-state index in [0.29, 0.717) is 23.7 Å². The number of hydrogen-bond acceptors (Lipinski definition) is 5. The van der Waals surface area contributed by atoms with E-state index in [9.17, 15) is 4.79 Å². The number of carbonyl (C=O) groups is 1. The lowest BCUT2D eigenvalue weighted by Gasteiger charge is -2.25. The number of nitrogens with zero attached hydrogens (tertiary/aromatic N) is 5. The molecule has 1 saturated heterocycles. The van der Waals surface area contributed by atoms with Crippen molar-refractivity contribution >= 4 is 30.7 Å². The minimum Gasteiger partial charge on any atom is -0.337 e. The van der Waals surface area contributed by atoms with E-state index < -0.39 is 0 Å². The maximum atomic E-state index is 12.8. The first-order valence-electron chi connectivity index (χ1n) is 9.55. The van der Waals surface area contributed by atoms with Crippen LogP contribution in [0.4, 0.5) is 0 Å². The van der Waals surface area contributed by atoms with E-state index in [1.807, 2.05) is 40.2 Å². The first-order chi connectivity index (χ1) is 12.7. The summed E-state index contributed by atoms with van der Waals surface area (Å²) >= 11 is 0. The van der Waals surface area contributed by atoms with Gasteiger partial charge in [0.25, 0.3) is 5.91 Å². The van der Waals surface area contributed by atoms with Gasteiger partial charge in [0.1, 0.15) is 0 Å². The molecular formula is C19H28Cl2N6O. The van der Waals surface area contributed by atoms with Gasteiger partial charge in [0, 0.05) is 31.0 Å². The zero-order chi connectivity index (χ0) is 17.9. The average Bonchev–Trinajstić information content (AvgIpc) is 3.33. The van der Waals surface area contributed by atoms with Crippen molar-refractivity contribution in [1.82, 2.24) is 24.9 Å². The second-order valence-corrected chi connectivity index (χ2v) is 7.58. The summed E-state index contributed by atoms with van der Waals surface area (Å²) in [7, 11) is 0. The van der Waals surface area contributed by atoms with E-state index >= 15 is 0 Å². The van der Waals surface area contributed by atoms with Gasteiger partial charge >= 0.3 is 0 Å². The van der Waals surface area contributed by atoms with Crippen molar-refractivity contribution in [3.63, 3.8) is 0 Å². The molecule has 0 spiro atoms. The monoisotopic (exact) mass is 426 g/mol. The third-order valence-electron chi connectivity index (χ3n) is 5.64. The van der Waals surface area contributed by atoms with Gasteiger partial charge in [0.2, 0.25) is 0 Å². The summed E-state index contributed by atoms with van der Waals surface area (Å²) in [5.41, 5.74) is 7.52. The Hall–Kier alpha value is -1.70. The molecular weight excluding hydrogens is 399 g/mol. The number of carbonyl (C=O) groups excluding carboxylic acids is 1. The molecule has 1 unspecified atom stereocenters. The van der Waals surface area contributed by atoms with E-state index in [-0.39, 0.29) is 30.7 Å². The van der Waals surface area contributed by atoms with Gasteiger partial charge in [-0.05, 0) is 56.6 Å². The number of amides is 1. The molecule has 2 fully saturated rings. The molecule has 1 aliphatic carbocycles. The van der Waals surface area contributed by atoms with Gasteiger partial charge in [-0.3, -0.25) is 9.78 Å². The van der Waals surface area contributed by atoms with Gasteiger partial charge < -0.3 is 10.6 Å². The summed E-state index contributed by atoms with van der Waals surface area (Å²) in [5.74, 6) is 0.455. The Morgan fingerprint density at radius 1 is 1.14 bits per heavy atom. The summed E-state index contributed by atoms with van der Waals surface area (Å²) in [6, 6.07) is 6.61. The van der Waals surface area contributed by atoms with Crippen molar-refractivity contribution in [2.45, 2.75) is 50.6 Å². The second-order valence-electron chi connectivity index (χ2n) is 7.58. The van der Waals surface area contributed by atoms with Crippen LogP contribution >= 0.6 is 24.8 Å². The Morgan fingerprint density at radius 2 is 1.93 bits per heavy atom. The van der Waals surface area contributed by atoms with Gasteiger partial charge in [0.05, 0.1) is 12.2 Å². The molecule has 1 atom stereocenters. The third kappa shape index (κ3) is 5.21. The number of aromatic nitrogens is 4. The zero-order valence-electron chi connectivity index (χ0n) is 15.8. The molecule has 3 heterocycles. The van der Waals surface area contributed by atoms with Gasteiger partial charge in [0.15, 0.2) is 5.69 Å². The number of nitrogens with two attached hydrogens (primary N) is 1. The molecule has 1 aliphatic heterocycles. The van der Waals surface area contributed by atoms with Crippen LogP contribution in [0.1, 0.15) is 54.3 Å². The predicted molar refractivity (Wildman–Crippen MR) is 112 cm³/mol. The largest absolute Gasteiger partial charge is 0.337 e. The third-order valence-corrected chi connectivity index (χ3v) is 5.64. The molecule has 28 heavy (non-hydrogen) atoms. The fraction of sp³-hybridized carbons (Fsp3) is 0.579. The highest BCUT2D eigenvalue weighted by molar-refractivity contribution is 5.92. The normalized spacial score (nSPS) is 24.3. The minimum atomic E-state index is -0.00715. The summed E-state index contributed by atoms with van der Waals surface area (Å²) < 4.78 is 1.86. The number of halogens is 2. The molecule has 0 aromatic carbocycles. The van der Waals surface area contributed by atoms with E-state index in [1.165, 1.54) is 0 Å². The number of pyridine rings is 1. The lowest BCUT2D eigenvalue weighted by atomic mass is 9.92. The number of rotatable bonds is 4. The fourth-order valence-electron chi connectivity index (χ4n) is 4.08. The van der Waals surface area contributed by atoms with Gasteiger partial charge in [-0.2, -0.15) is 0 Å². The SMILES string of the molecule is Cl.Cl.NC1CCC(n2cc(C(=O)N3CCC(Cc4ccccn4)C3)nn2)CC1. The van der Waals surface area contributed by atoms with Gasteiger partial charge in [-0.1, -0.05) is 11.3 Å². The van der Waals surface area contributed by atoms with Crippen LogP contribution in [-0.4, -0.2) is 49.9 Å². The smallest absolute Gasteiger partial charge is 0.276 e. The highest BCUT2D eigenvalue weighted by atomic mass is 35.5. The summed E-state index contributed by atoms with van der Waals surface area (Å²) in [4.78, 5) is 19.1. The highest BCUT2D eigenvalue weighted by Crippen LogP contribution is 2.27. The first kappa shape index (κ1) is 22.6. The average molecular weight is 427 g/mol. The number of likely N-dealkylation sites (tertiary alicyclic amines) is 1. The van der Waals surface area contributed by atoms with E-state index in [1.54, 1.807) is 0 Å². The lowest BCUT2D eigenvalue weighted by molar-refractivity contribution is 0.0781. The van der Waals surface area contributed by atoms with E-state index in [4.69, 9.17) is 5.73 Å². The fourth-order valence-corrected chi connectivity index (χ4v) is 4.08. The van der Waals surface area contributed by atoms with Crippen molar-refractivity contribution < 1.29 is 4.79 Å². The Balaban J connectivity index is 0.00000140. The first-order valence-corrected chi connectivity index (χ1v) is 9.55. The quantitative estimate of drug-likeness (QED) is 0.811. The molecule has 0 bridgehead atoms. The standard InChI is InChI=1S/C19H26N6O.2ClH/c20-15-4-6-17(7-5-15)25-13-18(22-23-25)19(26)24-10-8-14(12-24)11-16-3-1-2-9-21-16;;/h1-3,9,13-15,17H,4-8,10-12,20H2;2*1H. The van der Waals surface area contributed by atoms with Crippen molar-refractivity contribution in [2.24, 2.45) is 11.7 Å². The highest BCUT2D eigenvalue weighted by Gasteiger charge is 2.29. The van der Waals surface area contributed by atoms with Crippen LogP contribution in [0.2, 0.25) is 0 Å². The van der Waals surface area contributed by atoms with Crippen LogP contribution in [0, 0.1) is 5.92 Å². The van der Waals surface area contributed by atoms with Crippen LogP contribution in [0.5, 0.6) is 0 Å². The van der Waals surface area contributed by atoms with Crippen LogP contribution < -0.4 is 5.73 Å². The van der Waals surface area contributed by atoms with Crippen molar-refractivity contribution in [2.75, 3.05) is 13.1 Å². The molecule has 2 aliphatic rings. The van der Waals surface area contributed by atoms with E-state index in [0.717, 1.165) is 57.3 Å². The zero-order valence-corrected chi connectivity index (χ0v) is 17.4. The van der Waals surface area contributed by atoms with Crippen LogP contribution in [0.3, 0.4) is 0 Å². The van der Waals surface area contributed by atoms with Gasteiger partial charge in [-0.15, -0.1) is 29.9 Å². The van der Waals surface area contributed by atoms with Crippen LogP contribution in [0.15, 0.2) is 30.6 Å². The number of hydrogen-bond donors (Lipinski definition) is 1. The molecule has 1 amide bonds. The van der Waals surface area contributed by atoms with Gasteiger partial charge in [-0.25, -0.2) is 4.68 Å². The molecule has 2 aromatic heterocycles. The maximum absolute atomic E-state index is 12.8. The molecule has 9 heteroatoms. The topological polar surface area (TPSA) is 89.9 Å². The molecule has 2 aromatic rings. The predicted octanol–water partition coefficient (Wildman–Crippen LogP) is 2.66. The minimum absolute atomic E-state index is 0. The Kier molecular flexibility index (Phi) is 8.22. The van der Waals surface area contributed by atoms with Crippen LogP contribution in [-0.2, 0) is 6.42 Å². The Labute approximate surface area is 177 Å². The van der Waals surface area contributed by atoms with E-state index in [2.05, 4.69) is 15.3 Å². The molecule has 1 saturated carbocycles. The molecule has 2 N–H and O–H groups in total. The summed E-state index contributed by atoms with van der Waals surface area (Å²) in [6.07, 6.45) is 9.60. The van der Waals surface area contributed by atoms with Crippen molar-refractivity contribution in [3.8, 4) is 0 Å². The lowest BCUT2D eigenvalue weighted by Crippen LogP contribution is -2.29. The maximum Gasteiger partial charge on any atom is 0.276 e. The molecule has 0 radical (unpaired) electrons. The summed E-state index contributed by atoms with van der Waals surface area (Å²) in [5, 5.41) is 8.35. The second kappa shape index (κ2) is 10.2. The van der Waals surface area contributed by atoms with Crippen molar-refractivity contribution in [1.29, 1.82) is 0 Å². The molecule has 4 rings (SSSR count). The molecule has 154 valence electrons. The van der Waals surface area contributed by atoms with Crippen LogP contribution in [0.25, 0.3) is 0 Å². The van der Waals surface area contributed by atoms with Crippen molar-refractivity contribution in [3.05, 3.63) is 42.0 Å². The Morgan fingerprint density at radius 3 is 2.64 bits per heavy atom. The Bertz CT molecular complexity index is 748. The summed E-state index contributed by atoms with van der Waals surface area (Å²) in [6.45, 7) is 1.54. The molecule has 7 nitrogen and oxygen atoms in total.